The Morgan fingerprint density at radius 1 is 1.40 bits per heavy atom. The Kier molecular flexibility index (Phi) is 4.16. The van der Waals surface area contributed by atoms with E-state index in [0.29, 0.717) is 0 Å². The summed E-state index contributed by atoms with van der Waals surface area (Å²) in [5, 5.41) is 2.67. The van der Waals surface area contributed by atoms with Crippen molar-refractivity contribution in [2.75, 3.05) is 14.2 Å². The Bertz CT molecular complexity index is 319. The number of benzene rings is 1. The number of methoxy groups -OCH3 is 1. The molecule has 0 spiro atoms. The molecule has 3 heteroatoms. The zero-order valence-corrected chi connectivity index (χ0v) is 9.41. The van der Waals surface area contributed by atoms with E-state index in [1.165, 1.54) is 0 Å². The van der Waals surface area contributed by atoms with E-state index in [4.69, 9.17) is 4.74 Å². The average molecular weight is 207 g/mol. The summed E-state index contributed by atoms with van der Waals surface area (Å²) in [4.78, 5) is 11.6. The third-order valence-electron chi connectivity index (χ3n) is 2.49. The van der Waals surface area contributed by atoms with Gasteiger partial charge in [0.15, 0.2) is 0 Å². The van der Waals surface area contributed by atoms with E-state index in [9.17, 15) is 4.79 Å². The van der Waals surface area contributed by atoms with Gasteiger partial charge in [-0.05, 0) is 24.1 Å². The van der Waals surface area contributed by atoms with Gasteiger partial charge in [0.1, 0.15) is 5.75 Å². The van der Waals surface area contributed by atoms with Gasteiger partial charge in [-0.15, -0.1) is 0 Å². The predicted molar refractivity (Wildman–Crippen MR) is 60.1 cm³/mol. The number of carbonyl (C=O) groups excluding carboxylic acids is 1. The highest BCUT2D eigenvalue weighted by atomic mass is 16.5. The van der Waals surface area contributed by atoms with Crippen molar-refractivity contribution < 1.29 is 9.53 Å². The number of hydrogen-bond acceptors (Lipinski definition) is 2. The van der Waals surface area contributed by atoms with E-state index in [-0.39, 0.29) is 11.8 Å². The first kappa shape index (κ1) is 11.6. The second-order valence-electron chi connectivity index (χ2n) is 3.35. The quantitative estimate of drug-likeness (QED) is 0.819. The Balaban J connectivity index is 2.87. The molecule has 0 radical (unpaired) electrons. The number of ether oxygens (including phenoxy) is 1. The zero-order chi connectivity index (χ0) is 11.3. The zero-order valence-electron chi connectivity index (χ0n) is 9.41. The summed E-state index contributed by atoms with van der Waals surface area (Å²) < 4.78 is 5.07. The lowest BCUT2D eigenvalue weighted by Gasteiger charge is -2.13. The average Bonchev–Trinajstić information content (AvgIpc) is 2.30. The van der Waals surface area contributed by atoms with Crippen LogP contribution in [-0.4, -0.2) is 20.1 Å². The summed E-state index contributed by atoms with van der Waals surface area (Å²) >= 11 is 0. The number of hydrogen-bond donors (Lipinski definition) is 1. The molecule has 1 atom stereocenters. The van der Waals surface area contributed by atoms with Crippen LogP contribution in [0.25, 0.3) is 0 Å². The van der Waals surface area contributed by atoms with Crippen molar-refractivity contribution in [2.24, 2.45) is 0 Å². The summed E-state index contributed by atoms with van der Waals surface area (Å²) in [5.74, 6) is 0.800. The van der Waals surface area contributed by atoms with E-state index in [2.05, 4.69) is 5.32 Å². The van der Waals surface area contributed by atoms with Crippen LogP contribution in [0.1, 0.15) is 24.8 Å². The SMILES string of the molecule is CC[C@H](C(=O)NC)c1ccc(OC)cc1. The highest BCUT2D eigenvalue weighted by molar-refractivity contribution is 5.83. The van der Waals surface area contributed by atoms with E-state index in [1.54, 1.807) is 14.2 Å². The van der Waals surface area contributed by atoms with Gasteiger partial charge >= 0.3 is 0 Å². The minimum Gasteiger partial charge on any atom is -0.497 e. The second kappa shape index (κ2) is 5.39. The van der Waals surface area contributed by atoms with Gasteiger partial charge in [-0.2, -0.15) is 0 Å². The Morgan fingerprint density at radius 3 is 2.40 bits per heavy atom. The van der Waals surface area contributed by atoms with E-state index >= 15 is 0 Å². The topological polar surface area (TPSA) is 38.3 Å². The molecule has 0 fully saturated rings. The molecule has 1 aromatic rings. The maximum absolute atomic E-state index is 11.6. The number of carbonyl (C=O) groups is 1. The molecular formula is C12H17NO2. The summed E-state index contributed by atoms with van der Waals surface area (Å²) in [6, 6.07) is 7.62. The molecule has 3 nitrogen and oxygen atoms in total. The Morgan fingerprint density at radius 2 is 2.00 bits per heavy atom. The molecule has 0 saturated carbocycles. The van der Waals surface area contributed by atoms with Gasteiger partial charge in [0.05, 0.1) is 13.0 Å². The minimum absolute atomic E-state index is 0.0580. The molecule has 1 amide bonds. The van der Waals surface area contributed by atoms with Crippen LogP contribution in [0, 0.1) is 0 Å². The number of nitrogens with one attached hydrogen (secondary N) is 1. The van der Waals surface area contributed by atoms with Crippen molar-refractivity contribution in [2.45, 2.75) is 19.3 Å². The highest BCUT2D eigenvalue weighted by Gasteiger charge is 2.16. The minimum atomic E-state index is -0.0686. The molecule has 1 N–H and O–H groups in total. The van der Waals surface area contributed by atoms with Crippen molar-refractivity contribution in [1.29, 1.82) is 0 Å². The van der Waals surface area contributed by atoms with E-state index in [1.807, 2.05) is 31.2 Å². The molecule has 0 bridgehead atoms. The van der Waals surface area contributed by atoms with Gasteiger partial charge in [-0.3, -0.25) is 4.79 Å². The monoisotopic (exact) mass is 207 g/mol. The molecule has 0 unspecified atom stereocenters. The lowest BCUT2D eigenvalue weighted by Crippen LogP contribution is -2.25. The molecule has 0 aliphatic rings. The van der Waals surface area contributed by atoms with Crippen molar-refractivity contribution in [3.05, 3.63) is 29.8 Å². The molecule has 0 aliphatic heterocycles. The van der Waals surface area contributed by atoms with Crippen molar-refractivity contribution in [1.82, 2.24) is 5.32 Å². The Labute approximate surface area is 90.4 Å². The molecule has 0 aromatic heterocycles. The first-order chi connectivity index (χ1) is 7.22. The molecular weight excluding hydrogens is 190 g/mol. The number of rotatable bonds is 4. The van der Waals surface area contributed by atoms with Crippen molar-refractivity contribution in [3.8, 4) is 5.75 Å². The molecule has 0 saturated heterocycles. The van der Waals surface area contributed by atoms with Gasteiger partial charge in [0, 0.05) is 7.05 Å². The summed E-state index contributed by atoms with van der Waals surface area (Å²) in [7, 11) is 3.29. The van der Waals surface area contributed by atoms with Crippen LogP contribution < -0.4 is 10.1 Å². The normalized spacial score (nSPS) is 11.9. The van der Waals surface area contributed by atoms with Crippen LogP contribution in [0.15, 0.2) is 24.3 Å². The standard InChI is InChI=1S/C12H17NO2/c1-4-11(12(14)13-2)9-5-7-10(15-3)8-6-9/h5-8,11H,4H2,1-3H3,(H,13,14)/t11-/m0/s1. The fraction of sp³-hybridized carbons (Fsp3) is 0.417. The molecule has 1 rings (SSSR count). The summed E-state index contributed by atoms with van der Waals surface area (Å²) in [6.07, 6.45) is 0.798. The van der Waals surface area contributed by atoms with Crippen molar-refractivity contribution >= 4 is 5.91 Å². The molecule has 0 aliphatic carbocycles. The smallest absolute Gasteiger partial charge is 0.227 e. The Hall–Kier alpha value is -1.51. The molecule has 0 heterocycles. The van der Waals surface area contributed by atoms with Crippen LogP contribution in [0.3, 0.4) is 0 Å². The largest absolute Gasteiger partial charge is 0.497 e. The van der Waals surface area contributed by atoms with Gasteiger partial charge in [-0.25, -0.2) is 0 Å². The molecule has 1 aromatic carbocycles. The summed E-state index contributed by atoms with van der Waals surface area (Å²) in [6.45, 7) is 2.00. The van der Waals surface area contributed by atoms with Gasteiger partial charge in [0.25, 0.3) is 0 Å². The van der Waals surface area contributed by atoms with Crippen LogP contribution in [0.4, 0.5) is 0 Å². The lowest BCUT2D eigenvalue weighted by atomic mass is 9.95. The van der Waals surface area contributed by atoms with Crippen LogP contribution in [-0.2, 0) is 4.79 Å². The van der Waals surface area contributed by atoms with E-state index < -0.39 is 0 Å². The fourth-order valence-electron chi connectivity index (χ4n) is 1.58. The lowest BCUT2D eigenvalue weighted by molar-refractivity contribution is -0.122. The maximum atomic E-state index is 11.6. The predicted octanol–water partition coefficient (Wildman–Crippen LogP) is 1.93. The number of amides is 1. The van der Waals surface area contributed by atoms with E-state index in [0.717, 1.165) is 17.7 Å². The third kappa shape index (κ3) is 2.72. The molecule has 82 valence electrons. The van der Waals surface area contributed by atoms with Gasteiger partial charge < -0.3 is 10.1 Å². The third-order valence-corrected chi connectivity index (χ3v) is 2.49. The van der Waals surface area contributed by atoms with Gasteiger partial charge in [-0.1, -0.05) is 19.1 Å². The highest BCUT2D eigenvalue weighted by Crippen LogP contribution is 2.22. The first-order valence-electron chi connectivity index (χ1n) is 5.08. The summed E-state index contributed by atoms with van der Waals surface area (Å²) in [5.41, 5.74) is 1.03. The van der Waals surface area contributed by atoms with Gasteiger partial charge in [0.2, 0.25) is 5.91 Å². The fourth-order valence-corrected chi connectivity index (χ4v) is 1.58. The second-order valence-corrected chi connectivity index (χ2v) is 3.35. The molecule has 15 heavy (non-hydrogen) atoms. The van der Waals surface area contributed by atoms with Crippen LogP contribution >= 0.6 is 0 Å². The van der Waals surface area contributed by atoms with Crippen molar-refractivity contribution in [3.63, 3.8) is 0 Å². The van der Waals surface area contributed by atoms with Crippen LogP contribution in [0.2, 0.25) is 0 Å². The number of likely N-dealkylation sites (N-methyl/N-ethyl adjacent to an activating group) is 1. The van der Waals surface area contributed by atoms with Crippen LogP contribution in [0.5, 0.6) is 5.75 Å². The first-order valence-corrected chi connectivity index (χ1v) is 5.08. The maximum Gasteiger partial charge on any atom is 0.227 e.